The Labute approximate surface area is 94.1 Å². The first-order chi connectivity index (χ1) is 6.66. The molecule has 0 aliphatic rings. The Morgan fingerprint density at radius 2 is 2.29 bits per heavy atom. The van der Waals surface area contributed by atoms with Crippen LogP contribution in [0.15, 0.2) is 35.3 Å². The van der Waals surface area contributed by atoms with Crippen molar-refractivity contribution >= 4 is 15.9 Å². The highest BCUT2D eigenvalue weighted by atomic mass is 79.9. The van der Waals surface area contributed by atoms with Gasteiger partial charge in [-0.1, -0.05) is 40.2 Å². The van der Waals surface area contributed by atoms with Crippen LogP contribution in [0.5, 0.6) is 0 Å². The zero-order chi connectivity index (χ0) is 10.6. The minimum atomic E-state index is 0.0993. The fourth-order valence-corrected chi connectivity index (χ4v) is 1.97. The van der Waals surface area contributed by atoms with Crippen molar-refractivity contribution in [3.63, 3.8) is 0 Å². The first kappa shape index (κ1) is 11.5. The molecule has 0 aliphatic carbocycles. The molecule has 0 saturated carbocycles. The average molecular weight is 254 g/mol. The van der Waals surface area contributed by atoms with Crippen molar-refractivity contribution in [1.82, 2.24) is 0 Å². The second-order valence-electron chi connectivity index (χ2n) is 3.45. The Bertz CT molecular complexity index is 320. The normalized spacial score (nSPS) is 12.5. The highest BCUT2D eigenvalue weighted by Gasteiger charge is 2.09. The molecule has 1 atom stereocenters. The van der Waals surface area contributed by atoms with Gasteiger partial charge >= 0.3 is 0 Å². The Balaban J connectivity index is 2.83. The summed E-state index contributed by atoms with van der Waals surface area (Å²) in [7, 11) is 0. The van der Waals surface area contributed by atoms with Gasteiger partial charge in [0.05, 0.1) is 0 Å². The van der Waals surface area contributed by atoms with E-state index in [2.05, 4.69) is 41.6 Å². The molecule has 14 heavy (non-hydrogen) atoms. The van der Waals surface area contributed by atoms with E-state index in [4.69, 9.17) is 5.73 Å². The maximum absolute atomic E-state index is 6.07. The highest BCUT2D eigenvalue weighted by Crippen LogP contribution is 2.27. The van der Waals surface area contributed by atoms with Crippen molar-refractivity contribution in [2.75, 3.05) is 0 Å². The SMILES string of the molecule is C=CCCC(N)c1cccc(C)c1Br. The molecule has 0 heterocycles. The summed E-state index contributed by atoms with van der Waals surface area (Å²) in [6.07, 6.45) is 3.82. The maximum atomic E-state index is 6.07. The number of hydrogen-bond donors (Lipinski definition) is 1. The van der Waals surface area contributed by atoms with Crippen LogP contribution in [0.4, 0.5) is 0 Å². The van der Waals surface area contributed by atoms with Crippen LogP contribution in [0.1, 0.15) is 30.0 Å². The lowest BCUT2D eigenvalue weighted by Crippen LogP contribution is -2.10. The molecular weight excluding hydrogens is 238 g/mol. The number of nitrogens with two attached hydrogens (primary N) is 1. The van der Waals surface area contributed by atoms with Crippen molar-refractivity contribution in [3.05, 3.63) is 46.5 Å². The van der Waals surface area contributed by atoms with Gasteiger partial charge in [0, 0.05) is 10.5 Å². The topological polar surface area (TPSA) is 26.0 Å². The largest absolute Gasteiger partial charge is 0.324 e. The summed E-state index contributed by atoms with van der Waals surface area (Å²) in [5.74, 6) is 0. The Hall–Kier alpha value is -0.600. The van der Waals surface area contributed by atoms with E-state index in [0.717, 1.165) is 17.3 Å². The van der Waals surface area contributed by atoms with Gasteiger partial charge in [-0.15, -0.1) is 6.58 Å². The van der Waals surface area contributed by atoms with E-state index in [1.807, 2.05) is 12.1 Å². The van der Waals surface area contributed by atoms with Crippen molar-refractivity contribution in [2.45, 2.75) is 25.8 Å². The molecule has 0 aliphatic heterocycles. The third-order valence-electron chi connectivity index (χ3n) is 2.30. The molecule has 0 fully saturated rings. The summed E-state index contributed by atoms with van der Waals surface area (Å²) in [4.78, 5) is 0. The van der Waals surface area contributed by atoms with Gasteiger partial charge in [-0.2, -0.15) is 0 Å². The van der Waals surface area contributed by atoms with Crippen LogP contribution in [0.2, 0.25) is 0 Å². The third kappa shape index (κ3) is 2.69. The zero-order valence-electron chi connectivity index (χ0n) is 8.46. The quantitative estimate of drug-likeness (QED) is 0.814. The predicted molar refractivity (Wildman–Crippen MR) is 65.2 cm³/mol. The summed E-state index contributed by atoms with van der Waals surface area (Å²) in [6, 6.07) is 6.30. The number of benzene rings is 1. The van der Waals surface area contributed by atoms with Crippen molar-refractivity contribution < 1.29 is 0 Å². The standard InChI is InChI=1S/C12H16BrN/c1-3-4-8-11(14)10-7-5-6-9(2)12(10)13/h3,5-7,11H,1,4,8,14H2,2H3. The monoisotopic (exact) mass is 253 g/mol. The van der Waals surface area contributed by atoms with E-state index in [9.17, 15) is 0 Å². The van der Waals surface area contributed by atoms with Crippen LogP contribution in [0.3, 0.4) is 0 Å². The highest BCUT2D eigenvalue weighted by molar-refractivity contribution is 9.10. The number of hydrogen-bond acceptors (Lipinski definition) is 1. The second kappa shape index (κ2) is 5.32. The van der Waals surface area contributed by atoms with E-state index >= 15 is 0 Å². The molecule has 1 aromatic carbocycles. The van der Waals surface area contributed by atoms with E-state index in [1.165, 1.54) is 11.1 Å². The van der Waals surface area contributed by atoms with Crippen LogP contribution in [-0.2, 0) is 0 Å². The molecule has 1 aromatic rings. The average Bonchev–Trinajstić information content (AvgIpc) is 2.18. The summed E-state index contributed by atoms with van der Waals surface area (Å²) in [5.41, 5.74) is 8.49. The first-order valence-corrected chi connectivity index (χ1v) is 5.57. The van der Waals surface area contributed by atoms with Crippen molar-refractivity contribution in [3.8, 4) is 0 Å². The molecule has 0 amide bonds. The van der Waals surface area contributed by atoms with Gasteiger partial charge in [-0.05, 0) is 30.9 Å². The van der Waals surface area contributed by atoms with Crippen LogP contribution in [0.25, 0.3) is 0 Å². The van der Waals surface area contributed by atoms with E-state index in [0.29, 0.717) is 0 Å². The Kier molecular flexibility index (Phi) is 4.36. The van der Waals surface area contributed by atoms with Gasteiger partial charge in [0.25, 0.3) is 0 Å². The van der Waals surface area contributed by atoms with Crippen molar-refractivity contribution in [2.24, 2.45) is 5.73 Å². The lowest BCUT2D eigenvalue weighted by atomic mass is 10.0. The van der Waals surface area contributed by atoms with Crippen LogP contribution in [-0.4, -0.2) is 0 Å². The second-order valence-corrected chi connectivity index (χ2v) is 4.24. The molecule has 0 bridgehead atoms. The zero-order valence-corrected chi connectivity index (χ0v) is 10.0. The van der Waals surface area contributed by atoms with Gasteiger partial charge in [-0.3, -0.25) is 0 Å². The van der Waals surface area contributed by atoms with Gasteiger partial charge < -0.3 is 5.73 Å². The number of rotatable bonds is 4. The van der Waals surface area contributed by atoms with Crippen molar-refractivity contribution in [1.29, 1.82) is 0 Å². The summed E-state index contributed by atoms with van der Waals surface area (Å²) in [6.45, 7) is 5.78. The fraction of sp³-hybridized carbons (Fsp3) is 0.333. The predicted octanol–water partition coefficient (Wildman–Crippen LogP) is 3.72. The Morgan fingerprint density at radius 1 is 1.57 bits per heavy atom. The number of halogens is 1. The lowest BCUT2D eigenvalue weighted by molar-refractivity contribution is 0.658. The van der Waals surface area contributed by atoms with Gasteiger partial charge in [0.15, 0.2) is 0 Å². The van der Waals surface area contributed by atoms with E-state index in [1.54, 1.807) is 0 Å². The van der Waals surface area contributed by atoms with Crippen LogP contribution >= 0.6 is 15.9 Å². The number of allylic oxidation sites excluding steroid dienone is 1. The molecule has 1 nitrogen and oxygen atoms in total. The molecule has 0 spiro atoms. The molecule has 1 rings (SSSR count). The number of aryl methyl sites for hydroxylation is 1. The van der Waals surface area contributed by atoms with Gasteiger partial charge in [0.1, 0.15) is 0 Å². The van der Waals surface area contributed by atoms with Gasteiger partial charge in [0.2, 0.25) is 0 Å². The molecule has 0 aromatic heterocycles. The third-order valence-corrected chi connectivity index (χ3v) is 3.39. The minimum absolute atomic E-state index is 0.0993. The van der Waals surface area contributed by atoms with Gasteiger partial charge in [-0.25, -0.2) is 0 Å². The van der Waals surface area contributed by atoms with Crippen LogP contribution < -0.4 is 5.73 Å². The Morgan fingerprint density at radius 3 is 2.93 bits per heavy atom. The molecule has 1 unspecified atom stereocenters. The molecule has 0 radical (unpaired) electrons. The summed E-state index contributed by atoms with van der Waals surface area (Å²) < 4.78 is 1.14. The summed E-state index contributed by atoms with van der Waals surface area (Å²) >= 11 is 3.57. The summed E-state index contributed by atoms with van der Waals surface area (Å²) in [5, 5.41) is 0. The first-order valence-electron chi connectivity index (χ1n) is 4.78. The minimum Gasteiger partial charge on any atom is -0.324 e. The fourth-order valence-electron chi connectivity index (χ4n) is 1.41. The van der Waals surface area contributed by atoms with E-state index < -0.39 is 0 Å². The lowest BCUT2D eigenvalue weighted by Gasteiger charge is -2.14. The molecule has 2 heteroatoms. The smallest absolute Gasteiger partial charge is 0.0309 e. The molecule has 76 valence electrons. The molecule has 0 saturated heterocycles. The molecular formula is C12H16BrN. The van der Waals surface area contributed by atoms with E-state index in [-0.39, 0.29) is 6.04 Å². The maximum Gasteiger partial charge on any atom is 0.0309 e. The van der Waals surface area contributed by atoms with Crippen LogP contribution in [0, 0.1) is 6.92 Å². The molecule has 2 N–H and O–H groups in total.